The molecule has 0 spiro atoms. The van der Waals surface area contributed by atoms with Gasteiger partial charge in [-0.2, -0.15) is 0 Å². The minimum absolute atomic E-state index is 0.00965. The first kappa shape index (κ1) is 13.1. The Hall–Kier alpha value is -1.39. The predicted octanol–water partition coefficient (Wildman–Crippen LogP) is 0.856. The molecular formula is C14H21N3O. The molecule has 1 saturated heterocycles. The molecule has 1 aromatic carbocycles. The number of carbonyl (C=O) groups excluding carboxylic acids is 1. The first-order valence-electron chi connectivity index (χ1n) is 6.55. The van der Waals surface area contributed by atoms with Crippen molar-refractivity contribution >= 4 is 5.91 Å². The van der Waals surface area contributed by atoms with Crippen LogP contribution in [0.1, 0.15) is 24.5 Å². The van der Waals surface area contributed by atoms with Gasteiger partial charge in [0.15, 0.2) is 0 Å². The maximum Gasteiger partial charge on any atom is 0.237 e. The molecule has 1 atom stereocenters. The molecule has 1 aliphatic rings. The third kappa shape index (κ3) is 2.71. The number of hydrogen-bond acceptors (Lipinski definition) is 3. The number of nitrogens with one attached hydrogen (secondary N) is 1. The van der Waals surface area contributed by atoms with E-state index in [2.05, 4.69) is 29.3 Å². The lowest BCUT2D eigenvalue weighted by Crippen LogP contribution is -2.54. The van der Waals surface area contributed by atoms with Gasteiger partial charge in [-0.3, -0.25) is 9.69 Å². The monoisotopic (exact) mass is 247 g/mol. The summed E-state index contributed by atoms with van der Waals surface area (Å²) < 4.78 is 0. The van der Waals surface area contributed by atoms with Crippen LogP contribution >= 0.6 is 0 Å². The van der Waals surface area contributed by atoms with Crippen LogP contribution in [0.3, 0.4) is 0 Å². The number of benzene rings is 1. The van der Waals surface area contributed by atoms with E-state index in [1.165, 1.54) is 11.1 Å². The standard InChI is InChI=1S/C14H21N3O/c1-2-13-14(18)16-7-8-17(13)10-12-6-4-3-5-11(12)9-15/h3-6,13H,2,7-10,15H2,1H3,(H,16,18). The molecular weight excluding hydrogens is 226 g/mol. The van der Waals surface area contributed by atoms with Crippen LogP contribution in [0.5, 0.6) is 0 Å². The number of amides is 1. The van der Waals surface area contributed by atoms with E-state index >= 15 is 0 Å². The second kappa shape index (κ2) is 5.98. The summed E-state index contributed by atoms with van der Waals surface area (Å²) in [6.07, 6.45) is 0.844. The van der Waals surface area contributed by atoms with E-state index < -0.39 is 0 Å². The van der Waals surface area contributed by atoms with Gasteiger partial charge < -0.3 is 11.1 Å². The van der Waals surface area contributed by atoms with Gasteiger partial charge in [-0.05, 0) is 17.5 Å². The number of nitrogens with two attached hydrogens (primary N) is 1. The van der Waals surface area contributed by atoms with Gasteiger partial charge in [0, 0.05) is 26.2 Å². The van der Waals surface area contributed by atoms with Gasteiger partial charge in [-0.15, -0.1) is 0 Å². The molecule has 4 nitrogen and oxygen atoms in total. The fourth-order valence-electron chi connectivity index (χ4n) is 2.52. The van der Waals surface area contributed by atoms with Crippen molar-refractivity contribution in [2.75, 3.05) is 13.1 Å². The van der Waals surface area contributed by atoms with E-state index in [0.29, 0.717) is 6.54 Å². The summed E-state index contributed by atoms with van der Waals surface area (Å²) in [5, 5.41) is 2.92. The van der Waals surface area contributed by atoms with Gasteiger partial charge >= 0.3 is 0 Å². The summed E-state index contributed by atoms with van der Waals surface area (Å²) in [5.41, 5.74) is 8.15. The maximum absolute atomic E-state index is 11.8. The summed E-state index contributed by atoms with van der Waals surface area (Å²) in [6, 6.07) is 8.18. The molecule has 4 heteroatoms. The van der Waals surface area contributed by atoms with Crippen LogP contribution in [0.2, 0.25) is 0 Å². The number of rotatable bonds is 4. The van der Waals surface area contributed by atoms with Gasteiger partial charge in [-0.1, -0.05) is 31.2 Å². The minimum Gasteiger partial charge on any atom is -0.353 e. The second-order valence-electron chi connectivity index (χ2n) is 4.66. The summed E-state index contributed by atoms with van der Waals surface area (Å²) in [6.45, 7) is 5.05. The largest absolute Gasteiger partial charge is 0.353 e. The summed E-state index contributed by atoms with van der Waals surface area (Å²) >= 11 is 0. The van der Waals surface area contributed by atoms with Crippen LogP contribution in [0.15, 0.2) is 24.3 Å². The highest BCUT2D eigenvalue weighted by Gasteiger charge is 2.27. The quantitative estimate of drug-likeness (QED) is 0.829. The Bertz CT molecular complexity index is 419. The van der Waals surface area contributed by atoms with Crippen molar-refractivity contribution in [3.8, 4) is 0 Å². The Kier molecular flexibility index (Phi) is 4.33. The highest BCUT2D eigenvalue weighted by atomic mass is 16.2. The molecule has 98 valence electrons. The molecule has 1 aromatic rings. The van der Waals surface area contributed by atoms with Crippen molar-refractivity contribution in [3.05, 3.63) is 35.4 Å². The normalized spacial score (nSPS) is 20.8. The third-order valence-electron chi connectivity index (χ3n) is 3.54. The smallest absolute Gasteiger partial charge is 0.237 e. The number of piperazine rings is 1. The third-order valence-corrected chi connectivity index (χ3v) is 3.54. The molecule has 1 amide bonds. The van der Waals surface area contributed by atoms with Gasteiger partial charge in [0.2, 0.25) is 5.91 Å². The molecule has 2 rings (SSSR count). The van der Waals surface area contributed by atoms with E-state index in [1.807, 2.05) is 12.1 Å². The zero-order valence-corrected chi connectivity index (χ0v) is 10.9. The Morgan fingerprint density at radius 2 is 2.11 bits per heavy atom. The Labute approximate surface area is 108 Å². The lowest BCUT2D eigenvalue weighted by Gasteiger charge is -2.34. The number of nitrogens with zero attached hydrogens (tertiary/aromatic N) is 1. The summed E-state index contributed by atoms with van der Waals surface area (Å²) in [5.74, 6) is 0.147. The summed E-state index contributed by atoms with van der Waals surface area (Å²) in [7, 11) is 0. The molecule has 1 fully saturated rings. The predicted molar refractivity (Wildman–Crippen MR) is 71.8 cm³/mol. The van der Waals surface area contributed by atoms with Crippen LogP contribution in [0, 0.1) is 0 Å². The number of hydrogen-bond donors (Lipinski definition) is 2. The fourth-order valence-corrected chi connectivity index (χ4v) is 2.52. The second-order valence-corrected chi connectivity index (χ2v) is 4.66. The first-order chi connectivity index (χ1) is 8.76. The van der Waals surface area contributed by atoms with Crippen LogP contribution < -0.4 is 11.1 Å². The molecule has 1 aliphatic heterocycles. The van der Waals surface area contributed by atoms with E-state index in [0.717, 1.165) is 26.1 Å². The first-order valence-corrected chi connectivity index (χ1v) is 6.55. The van der Waals surface area contributed by atoms with Crippen LogP contribution in [-0.2, 0) is 17.9 Å². The molecule has 1 unspecified atom stereocenters. The van der Waals surface area contributed by atoms with Crippen molar-refractivity contribution in [2.24, 2.45) is 5.73 Å². The van der Waals surface area contributed by atoms with E-state index in [4.69, 9.17) is 5.73 Å². The van der Waals surface area contributed by atoms with E-state index in [-0.39, 0.29) is 11.9 Å². The molecule has 1 heterocycles. The van der Waals surface area contributed by atoms with Crippen molar-refractivity contribution in [3.63, 3.8) is 0 Å². The maximum atomic E-state index is 11.8. The lowest BCUT2D eigenvalue weighted by atomic mass is 10.0. The van der Waals surface area contributed by atoms with Crippen molar-refractivity contribution in [2.45, 2.75) is 32.5 Å². The zero-order chi connectivity index (χ0) is 13.0. The lowest BCUT2D eigenvalue weighted by molar-refractivity contribution is -0.129. The average molecular weight is 247 g/mol. The molecule has 0 bridgehead atoms. The Morgan fingerprint density at radius 3 is 2.78 bits per heavy atom. The molecule has 18 heavy (non-hydrogen) atoms. The highest BCUT2D eigenvalue weighted by molar-refractivity contribution is 5.82. The van der Waals surface area contributed by atoms with Crippen molar-refractivity contribution < 1.29 is 4.79 Å². The van der Waals surface area contributed by atoms with Gasteiger partial charge in [0.05, 0.1) is 6.04 Å². The Balaban J connectivity index is 2.14. The molecule has 0 aromatic heterocycles. The van der Waals surface area contributed by atoms with Crippen molar-refractivity contribution in [1.29, 1.82) is 0 Å². The Morgan fingerprint density at radius 1 is 1.39 bits per heavy atom. The van der Waals surface area contributed by atoms with Gasteiger partial charge in [0.25, 0.3) is 0 Å². The molecule has 3 N–H and O–H groups in total. The average Bonchev–Trinajstić information content (AvgIpc) is 2.40. The molecule has 0 aliphatic carbocycles. The summed E-state index contributed by atoms with van der Waals surface area (Å²) in [4.78, 5) is 14.0. The SMILES string of the molecule is CCC1C(=O)NCCN1Cc1ccccc1CN. The van der Waals surface area contributed by atoms with Crippen LogP contribution in [0.25, 0.3) is 0 Å². The van der Waals surface area contributed by atoms with Gasteiger partial charge in [0.1, 0.15) is 0 Å². The van der Waals surface area contributed by atoms with Crippen LogP contribution in [-0.4, -0.2) is 29.9 Å². The van der Waals surface area contributed by atoms with Crippen LogP contribution in [0.4, 0.5) is 0 Å². The zero-order valence-electron chi connectivity index (χ0n) is 10.9. The molecule has 0 radical (unpaired) electrons. The van der Waals surface area contributed by atoms with E-state index in [9.17, 15) is 4.79 Å². The minimum atomic E-state index is -0.00965. The van der Waals surface area contributed by atoms with Crippen molar-refractivity contribution in [1.82, 2.24) is 10.2 Å². The van der Waals surface area contributed by atoms with E-state index in [1.54, 1.807) is 0 Å². The topological polar surface area (TPSA) is 58.4 Å². The highest BCUT2D eigenvalue weighted by Crippen LogP contribution is 2.16. The number of carbonyl (C=O) groups is 1. The fraction of sp³-hybridized carbons (Fsp3) is 0.500. The van der Waals surface area contributed by atoms with Gasteiger partial charge in [-0.25, -0.2) is 0 Å². The molecule has 0 saturated carbocycles.